The lowest BCUT2D eigenvalue weighted by molar-refractivity contribution is -0.145. The van der Waals surface area contributed by atoms with Crippen molar-refractivity contribution < 1.29 is 14.4 Å². The molecule has 0 unspecified atom stereocenters. The Morgan fingerprint density at radius 3 is 2.67 bits per heavy atom. The third kappa shape index (κ3) is 4.73. The van der Waals surface area contributed by atoms with Crippen molar-refractivity contribution in [2.75, 3.05) is 6.61 Å². The lowest BCUT2D eigenvalue weighted by Crippen LogP contribution is -2.13. The fourth-order valence-electron chi connectivity index (χ4n) is 3.02. The van der Waals surface area contributed by atoms with Crippen molar-refractivity contribution >= 4 is 23.0 Å². The van der Waals surface area contributed by atoms with E-state index in [9.17, 15) is 4.79 Å². The van der Waals surface area contributed by atoms with Gasteiger partial charge in [0.2, 0.25) is 0 Å². The molecular weight excluding hydrogens is 338 g/mol. The molecule has 27 heavy (non-hydrogen) atoms. The van der Waals surface area contributed by atoms with Crippen LogP contribution in [0.5, 0.6) is 5.75 Å². The summed E-state index contributed by atoms with van der Waals surface area (Å²) in [6.45, 7) is 5.81. The minimum atomic E-state index is -0.525. The van der Waals surface area contributed by atoms with Gasteiger partial charge in [-0.1, -0.05) is 53.7 Å². The molecule has 0 heterocycles. The van der Waals surface area contributed by atoms with Crippen molar-refractivity contribution in [2.24, 2.45) is 5.16 Å². The number of ether oxygens (including phenoxy) is 1. The first-order valence-corrected chi connectivity index (χ1v) is 8.93. The van der Waals surface area contributed by atoms with Crippen LogP contribution in [0, 0.1) is 20.8 Å². The second kappa shape index (κ2) is 8.49. The van der Waals surface area contributed by atoms with Gasteiger partial charge in [-0.3, -0.25) is 0 Å². The van der Waals surface area contributed by atoms with Gasteiger partial charge in [0.15, 0.2) is 6.61 Å². The summed E-state index contributed by atoms with van der Waals surface area (Å²) in [6, 6.07) is 18.3. The Labute approximate surface area is 159 Å². The highest BCUT2D eigenvalue weighted by molar-refractivity contribution is 5.87. The summed E-state index contributed by atoms with van der Waals surface area (Å²) in [5.74, 6) is 0.173. The van der Waals surface area contributed by atoms with Gasteiger partial charge >= 0.3 is 5.97 Å². The van der Waals surface area contributed by atoms with E-state index < -0.39 is 5.97 Å². The van der Waals surface area contributed by atoms with Crippen LogP contribution in [0.3, 0.4) is 0 Å². The van der Waals surface area contributed by atoms with E-state index in [-0.39, 0.29) is 6.61 Å². The minimum Gasteiger partial charge on any atom is -0.482 e. The van der Waals surface area contributed by atoms with E-state index in [1.54, 1.807) is 6.21 Å². The van der Waals surface area contributed by atoms with Crippen molar-refractivity contribution in [2.45, 2.75) is 27.2 Å². The lowest BCUT2D eigenvalue weighted by atomic mass is 10.0. The van der Waals surface area contributed by atoms with E-state index in [0.29, 0.717) is 12.2 Å². The SMILES string of the molecule is Cc1cc(C)c(C)c(OCC(=O)O/N=C/Cc2cccc3ccccc23)c1. The molecule has 3 rings (SSSR count). The van der Waals surface area contributed by atoms with E-state index in [1.807, 2.05) is 51.1 Å². The van der Waals surface area contributed by atoms with Gasteiger partial charge in [0.1, 0.15) is 5.75 Å². The number of aryl methyl sites for hydroxylation is 2. The van der Waals surface area contributed by atoms with Crippen molar-refractivity contribution in [1.29, 1.82) is 0 Å². The highest BCUT2D eigenvalue weighted by atomic mass is 16.7. The molecule has 3 aromatic rings. The van der Waals surface area contributed by atoms with Crippen LogP contribution in [-0.2, 0) is 16.1 Å². The normalized spacial score (nSPS) is 11.1. The van der Waals surface area contributed by atoms with Gasteiger partial charge in [0, 0.05) is 12.6 Å². The number of oxime groups is 1. The summed E-state index contributed by atoms with van der Waals surface area (Å²) in [4.78, 5) is 16.8. The largest absolute Gasteiger partial charge is 0.482 e. The molecule has 0 aliphatic rings. The number of carbonyl (C=O) groups is 1. The number of fused-ring (bicyclic) bond motifs is 1. The maximum absolute atomic E-state index is 11.9. The van der Waals surface area contributed by atoms with Crippen LogP contribution in [0.4, 0.5) is 0 Å². The number of hydrogen-bond donors (Lipinski definition) is 0. The molecule has 4 heteroatoms. The fraction of sp³-hybridized carbons (Fsp3) is 0.217. The Kier molecular flexibility index (Phi) is 5.87. The van der Waals surface area contributed by atoms with Gasteiger partial charge in [-0.05, 0) is 59.9 Å². The zero-order valence-electron chi connectivity index (χ0n) is 15.9. The standard InChI is InChI=1S/C23H23NO3/c1-16-13-17(2)18(3)22(14-16)26-15-23(25)27-24-12-11-20-9-6-8-19-7-4-5-10-21(19)20/h4-10,12-14H,11,15H2,1-3H3/b24-12+. The molecule has 0 fully saturated rings. The summed E-state index contributed by atoms with van der Waals surface area (Å²) in [5.41, 5.74) is 4.38. The first-order valence-electron chi connectivity index (χ1n) is 8.93. The molecular formula is C23H23NO3. The highest BCUT2D eigenvalue weighted by Crippen LogP contribution is 2.23. The van der Waals surface area contributed by atoms with Crippen molar-refractivity contribution in [3.63, 3.8) is 0 Å². The minimum absolute atomic E-state index is 0.171. The van der Waals surface area contributed by atoms with Crippen LogP contribution in [-0.4, -0.2) is 18.8 Å². The van der Waals surface area contributed by atoms with E-state index in [1.165, 1.54) is 10.8 Å². The van der Waals surface area contributed by atoms with Crippen LogP contribution in [0.2, 0.25) is 0 Å². The molecule has 0 aliphatic carbocycles. The first kappa shape index (κ1) is 18.6. The number of nitrogens with zero attached hydrogens (tertiary/aromatic N) is 1. The van der Waals surface area contributed by atoms with E-state index in [2.05, 4.69) is 29.4 Å². The maximum atomic E-state index is 11.9. The van der Waals surface area contributed by atoms with Crippen molar-refractivity contribution in [3.8, 4) is 5.75 Å². The quantitative estimate of drug-likeness (QED) is 0.356. The Morgan fingerprint density at radius 2 is 1.81 bits per heavy atom. The number of rotatable bonds is 6. The molecule has 0 saturated heterocycles. The third-order valence-electron chi connectivity index (χ3n) is 4.53. The molecule has 0 atom stereocenters. The first-order chi connectivity index (χ1) is 13.0. The predicted octanol–water partition coefficient (Wildman–Crippen LogP) is 4.92. The molecule has 0 aromatic heterocycles. The second-order valence-corrected chi connectivity index (χ2v) is 6.59. The zero-order valence-corrected chi connectivity index (χ0v) is 15.9. The van der Waals surface area contributed by atoms with Gasteiger partial charge < -0.3 is 9.57 Å². The molecule has 138 valence electrons. The lowest BCUT2D eigenvalue weighted by Gasteiger charge is -2.11. The summed E-state index contributed by atoms with van der Waals surface area (Å²) >= 11 is 0. The van der Waals surface area contributed by atoms with Gasteiger partial charge in [0.25, 0.3) is 0 Å². The third-order valence-corrected chi connectivity index (χ3v) is 4.53. The maximum Gasteiger partial charge on any atom is 0.371 e. The predicted molar refractivity (Wildman–Crippen MR) is 108 cm³/mol. The van der Waals surface area contributed by atoms with Crippen LogP contribution in [0.25, 0.3) is 10.8 Å². The fourth-order valence-corrected chi connectivity index (χ4v) is 3.02. The summed E-state index contributed by atoms with van der Waals surface area (Å²) in [7, 11) is 0. The molecule has 0 amide bonds. The van der Waals surface area contributed by atoms with Crippen LogP contribution < -0.4 is 4.74 Å². The highest BCUT2D eigenvalue weighted by Gasteiger charge is 2.08. The topological polar surface area (TPSA) is 47.9 Å². The molecule has 0 bridgehead atoms. The Morgan fingerprint density at radius 1 is 1.04 bits per heavy atom. The summed E-state index contributed by atoms with van der Waals surface area (Å²) < 4.78 is 5.58. The zero-order chi connectivity index (χ0) is 19.2. The van der Waals surface area contributed by atoms with E-state index in [0.717, 1.165) is 22.3 Å². The summed E-state index contributed by atoms with van der Waals surface area (Å²) in [6.07, 6.45) is 2.19. The molecule has 0 N–H and O–H groups in total. The van der Waals surface area contributed by atoms with Crippen molar-refractivity contribution in [3.05, 3.63) is 76.9 Å². The van der Waals surface area contributed by atoms with E-state index in [4.69, 9.17) is 9.57 Å². The van der Waals surface area contributed by atoms with Gasteiger partial charge in [-0.25, -0.2) is 4.79 Å². The second-order valence-electron chi connectivity index (χ2n) is 6.59. The molecule has 3 aromatic carbocycles. The Hall–Kier alpha value is -3.14. The van der Waals surface area contributed by atoms with Gasteiger partial charge in [0.05, 0.1) is 0 Å². The van der Waals surface area contributed by atoms with E-state index >= 15 is 0 Å². The molecule has 0 aliphatic heterocycles. The molecule has 4 nitrogen and oxygen atoms in total. The monoisotopic (exact) mass is 361 g/mol. The Balaban J connectivity index is 1.53. The smallest absolute Gasteiger partial charge is 0.371 e. The van der Waals surface area contributed by atoms with Gasteiger partial charge in [-0.15, -0.1) is 0 Å². The van der Waals surface area contributed by atoms with Crippen molar-refractivity contribution in [1.82, 2.24) is 0 Å². The summed E-state index contributed by atoms with van der Waals surface area (Å²) in [5, 5.41) is 6.14. The van der Waals surface area contributed by atoms with Gasteiger partial charge in [-0.2, -0.15) is 0 Å². The molecule has 0 radical (unpaired) electrons. The number of carbonyl (C=O) groups excluding carboxylic acids is 1. The Bertz CT molecular complexity index is 987. The average molecular weight is 361 g/mol. The molecule has 0 spiro atoms. The molecule has 0 saturated carbocycles. The number of hydrogen-bond acceptors (Lipinski definition) is 4. The van der Waals surface area contributed by atoms with Crippen LogP contribution in [0.1, 0.15) is 22.3 Å². The average Bonchev–Trinajstić information content (AvgIpc) is 2.67. The number of benzene rings is 3. The van der Waals surface area contributed by atoms with Crippen LogP contribution >= 0.6 is 0 Å². The van der Waals surface area contributed by atoms with Crippen LogP contribution in [0.15, 0.2) is 59.8 Å².